The third kappa shape index (κ3) is 8.61. The van der Waals surface area contributed by atoms with E-state index in [-0.39, 0.29) is 0 Å². The quantitative estimate of drug-likeness (QED) is 0.421. The van der Waals surface area contributed by atoms with E-state index in [4.69, 9.17) is 0 Å². The average Bonchev–Trinajstić information content (AvgIpc) is 2.64. The van der Waals surface area contributed by atoms with E-state index in [1.54, 1.807) is 0 Å². The summed E-state index contributed by atoms with van der Waals surface area (Å²) in [5, 5.41) is 6.95. The highest BCUT2D eigenvalue weighted by Gasteiger charge is 1.94. The zero-order valence-corrected chi connectivity index (χ0v) is 14.8. The summed E-state index contributed by atoms with van der Waals surface area (Å²) < 4.78 is 0. The van der Waals surface area contributed by atoms with Gasteiger partial charge in [-0.05, 0) is 37.1 Å². The van der Waals surface area contributed by atoms with Crippen LogP contribution in [0.3, 0.4) is 0 Å². The SMILES string of the molecule is c1ccc(NCCCCCCCCCCNc2ccccc2)cc1. The van der Waals surface area contributed by atoms with Crippen LogP contribution < -0.4 is 10.6 Å². The predicted octanol–water partition coefficient (Wildman–Crippen LogP) is 6.33. The maximum absolute atomic E-state index is 3.48. The lowest BCUT2D eigenvalue weighted by Gasteiger charge is -2.07. The number of nitrogens with one attached hydrogen (secondary N) is 2. The lowest BCUT2D eigenvalue weighted by molar-refractivity contribution is 0.577. The highest BCUT2D eigenvalue weighted by molar-refractivity contribution is 5.42. The molecule has 2 aromatic carbocycles. The summed E-state index contributed by atoms with van der Waals surface area (Å²) in [6.45, 7) is 2.18. The number of rotatable bonds is 13. The monoisotopic (exact) mass is 324 g/mol. The molecule has 24 heavy (non-hydrogen) atoms. The first kappa shape index (κ1) is 18.4. The molecular weight excluding hydrogens is 292 g/mol. The molecule has 2 heteroatoms. The maximum atomic E-state index is 3.48. The minimum Gasteiger partial charge on any atom is -0.385 e. The van der Waals surface area contributed by atoms with Crippen LogP contribution in [-0.4, -0.2) is 13.1 Å². The molecule has 0 saturated heterocycles. The van der Waals surface area contributed by atoms with Crippen LogP contribution in [0.1, 0.15) is 51.4 Å². The molecule has 0 radical (unpaired) electrons. The summed E-state index contributed by atoms with van der Waals surface area (Å²) in [7, 11) is 0. The number of unbranched alkanes of at least 4 members (excludes halogenated alkanes) is 7. The van der Waals surface area contributed by atoms with Crippen molar-refractivity contribution in [1.29, 1.82) is 0 Å². The topological polar surface area (TPSA) is 24.1 Å². The molecule has 0 aliphatic carbocycles. The van der Waals surface area contributed by atoms with Crippen LogP contribution >= 0.6 is 0 Å². The number of hydrogen-bond acceptors (Lipinski definition) is 2. The molecule has 0 saturated carbocycles. The molecule has 0 atom stereocenters. The van der Waals surface area contributed by atoms with Gasteiger partial charge in [-0.2, -0.15) is 0 Å². The summed E-state index contributed by atoms with van der Waals surface area (Å²) in [6, 6.07) is 21.0. The van der Waals surface area contributed by atoms with Crippen molar-refractivity contribution >= 4 is 11.4 Å². The van der Waals surface area contributed by atoms with Gasteiger partial charge in [-0.25, -0.2) is 0 Å². The highest BCUT2D eigenvalue weighted by Crippen LogP contribution is 2.11. The molecular formula is C22H32N2. The third-order valence-electron chi connectivity index (χ3n) is 4.31. The van der Waals surface area contributed by atoms with Crippen LogP contribution in [-0.2, 0) is 0 Å². The second kappa shape index (κ2) is 12.5. The van der Waals surface area contributed by atoms with Crippen LogP contribution in [0.25, 0.3) is 0 Å². The van der Waals surface area contributed by atoms with Crippen molar-refractivity contribution in [2.24, 2.45) is 0 Å². The van der Waals surface area contributed by atoms with Crippen LogP contribution in [0.2, 0.25) is 0 Å². The Morgan fingerprint density at radius 3 is 1.12 bits per heavy atom. The molecule has 0 aromatic heterocycles. The minimum absolute atomic E-state index is 1.09. The van der Waals surface area contributed by atoms with E-state index in [1.807, 2.05) is 0 Å². The fraction of sp³-hybridized carbons (Fsp3) is 0.455. The molecule has 2 aromatic rings. The van der Waals surface area contributed by atoms with E-state index >= 15 is 0 Å². The van der Waals surface area contributed by atoms with Crippen LogP contribution in [0.4, 0.5) is 11.4 Å². The Labute approximate surface area is 147 Å². The molecule has 130 valence electrons. The van der Waals surface area contributed by atoms with Gasteiger partial charge in [0.15, 0.2) is 0 Å². The van der Waals surface area contributed by atoms with Crippen LogP contribution in [0, 0.1) is 0 Å². The summed E-state index contributed by atoms with van der Waals surface area (Å²) >= 11 is 0. The van der Waals surface area contributed by atoms with E-state index in [0.717, 1.165) is 13.1 Å². The first-order valence-corrected chi connectivity index (χ1v) is 9.53. The molecule has 2 nitrogen and oxygen atoms in total. The molecule has 2 N–H and O–H groups in total. The Morgan fingerprint density at radius 1 is 0.417 bits per heavy atom. The van der Waals surface area contributed by atoms with Gasteiger partial charge in [-0.1, -0.05) is 74.9 Å². The summed E-state index contributed by atoms with van der Waals surface area (Å²) in [4.78, 5) is 0. The Hall–Kier alpha value is -1.96. The van der Waals surface area contributed by atoms with Crippen LogP contribution in [0.15, 0.2) is 60.7 Å². The minimum atomic E-state index is 1.09. The van der Waals surface area contributed by atoms with E-state index in [0.29, 0.717) is 0 Å². The van der Waals surface area contributed by atoms with E-state index in [2.05, 4.69) is 71.3 Å². The lowest BCUT2D eigenvalue weighted by Crippen LogP contribution is -2.01. The molecule has 0 bridgehead atoms. The number of benzene rings is 2. The largest absolute Gasteiger partial charge is 0.385 e. The zero-order chi connectivity index (χ0) is 16.7. The smallest absolute Gasteiger partial charge is 0.0340 e. The zero-order valence-electron chi connectivity index (χ0n) is 14.8. The van der Waals surface area contributed by atoms with Gasteiger partial charge in [0.2, 0.25) is 0 Å². The van der Waals surface area contributed by atoms with Crippen molar-refractivity contribution in [1.82, 2.24) is 0 Å². The lowest BCUT2D eigenvalue weighted by atomic mass is 10.1. The third-order valence-corrected chi connectivity index (χ3v) is 4.31. The molecule has 0 aliphatic heterocycles. The van der Waals surface area contributed by atoms with Gasteiger partial charge in [0.25, 0.3) is 0 Å². The first-order valence-electron chi connectivity index (χ1n) is 9.53. The summed E-state index contributed by atoms with van der Waals surface area (Å²) in [5.41, 5.74) is 2.48. The standard InChI is InChI=1S/C22H32N2/c1(3-5-13-19-23-21-15-9-7-10-16-21)2-4-6-14-20-24-22-17-11-8-12-18-22/h7-12,15-18,23-24H,1-6,13-14,19-20H2. The average molecular weight is 325 g/mol. The Morgan fingerprint density at radius 2 is 0.750 bits per heavy atom. The van der Waals surface area contributed by atoms with E-state index in [1.165, 1.54) is 62.7 Å². The van der Waals surface area contributed by atoms with Gasteiger partial charge in [0.05, 0.1) is 0 Å². The number of para-hydroxylation sites is 2. The van der Waals surface area contributed by atoms with Gasteiger partial charge in [0.1, 0.15) is 0 Å². The molecule has 0 fully saturated rings. The fourth-order valence-corrected chi connectivity index (χ4v) is 2.89. The molecule has 2 rings (SSSR count). The Kier molecular flexibility index (Phi) is 9.54. The Bertz CT molecular complexity index is 461. The second-order valence-corrected chi connectivity index (χ2v) is 6.41. The molecule has 0 spiro atoms. The van der Waals surface area contributed by atoms with E-state index in [9.17, 15) is 0 Å². The normalized spacial score (nSPS) is 10.5. The number of anilines is 2. The van der Waals surface area contributed by atoms with Gasteiger partial charge < -0.3 is 10.6 Å². The van der Waals surface area contributed by atoms with Gasteiger partial charge in [-0.3, -0.25) is 0 Å². The van der Waals surface area contributed by atoms with E-state index < -0.39 is 0 Å². The molecule has 0 aliphatic rings. The molecule has 0 heterocycles. The van der Waals surface area contributed by atoms with Crippen molar-refractivity contribution in [3.8, 4) is 0 Å². The fourth-order valence-electron chi connectivity index (χ4n) is 2.89. The van der Waals surface area contributed by atoms with Crippen molar-refractivity contribution < 1.29 is 0 Å². The van der Waals surface area contributed by atoms with Crippen molar-refractivity contribution in [2.45, 2.75) is 51.4 Å². The summed E-state index contributed by atoms with van der Waals surface area (Å²) in [5.74, 6) is 0. The second-order valence-electron chi connectivity index (χ2n) is 6.41. The van der Waals surface area contributed by atoms with Crippen molar-refractivity contribution in [3.63, 3.8) is 0 Å². The maximum Gasteiger partial charge on any atom is 0.0340 e. The predicted molar refractivity (Wildman–Crippen MR) is 107 cm³/mol. The van der Waals surface area contributed by atoms with Crippen molar-refractivity contribution in [2.75, 3.05) is 23.7 Å². The first-order chi connectivity index (χ1) is 11.9. The van der Waals surface area contributed by atoms with Crippen molar-refractivity contribution in [3.05, 3.63) is 60.7 Å². The number of hydrogen-bond donors (Lipinski definition) is 2. The van der Waals surface area contributed by atoms with Gasteiger partial charge >= 0.3 is 0 Å². The molecule has 0 unspecified atom stereocenters. The summed E-state index contributed by atoms with van der Waals surface area (Å²) in [6.07, 6.45) is 10.8. The molecule has 0 amide bonds. The van der Waals surface area contributed by atoms with Gasteiger partial charge in [-0.15, -0.1) is 0 Å². The Balaban J connectivity index is 1.32. The highest BCUT2D eigenvalue weighted by atomic mass is 14.9. The van der Waals surface area contributed by atoms with Gasteiger partial charge in [0, 0.05) is 24.5 Å². The van der Waals surface area contributed by atoms with Crippen LogP contribution in [0.5, 0.6) is 0 Å².